The van der Waals surface area contributed by atoms with E-state index in [1.54, 1.807) is 0 Å². The zero-order chi connectivity index (χ0) is 33.1. The van der Waals surface area contributed by atoms with Crippen LogP contribution < -0.4 is 4.90 Å². The summed E-state index contributed by atoms with van der Waals surface area (Å²) in [5.74, 6) is 0. The Balaban J connectivity index is 2.16. The lowest BCUT2D eigenvalue weighted by Crippen LogP contribution is -2.15. The Hall–Kier alpha value is -2.54. The minimum atomic E-state index is 1.18. The lowest BCUT2D eigenvalue weighted by atomic mass is 9.96. The first kappa shape index (κ1) is 37.9. The van der Waals surface area contributed by atoms with Crippen LogP contribution in [-0.2, 0) is 25.7 Å². The van der Waals surface area contributed by atoms with E-state index in [1.165, 1.54) is 184 Å². The van der Waals surface area contributed by atoms with Crippen LogP contribution in [0.4, 0.5) is 17.1 Å². The summed E-state index contributed by atoms with van der Waals surface area (Å²) in [6.07, 6.45) is 25.6. The maximum atomic E-state index is 2.65. The predicted octanol–water partition coefficient (Wildman–Crippen LogP) is 14.6. The van der Waals surface area contributed by atoms with Crippen LogP contribution in [0.1, 0.15) is 169 Å². The molecule has 0 aliphatic rings. The summed E-state index contributed by atoms with van der Waals surface area (Å²) in [6.45, 7) is 16.1. The van der Waals surface area contributed by atoms with E-state index in [-0.39, 0.29) is 0 Å². The summed E-state index contributed by atoms with van der Waals surface area (Å²) >= 11 is 0. The minimum Gasteiger partial charge on any atom is -0.310 e. The zero-order valence-corrected chi connectivity index (χ0v) is 31.2. The summed E-state index contributed by atoms with van der Waals surface area (Å²) in [6, 6.07) is 20.0. The van der Waals surface area contributed by atoms with Gasteiger partial charge in [-0.25, -0.2) is 0 Å². The maximum absolute atomic E-state index is 2.65. The Morgan fingerprint density at radius 1 is 0.370 bits per heavy atom. The molecule has 0 aliphatic carbocycles. The van der Waals surface area contributed by atoms with Crippen molar-refractivity contribution in [3.8, 4) is 0 Å². The number of unbranched alkanes of at least 4 members (excludes halogenated alkanes) is 12. The van der Waals surface area contributed by atoms with Crippen molar-refractivity contribution in [2.45, 2.75) is 177 Å². The lowest BCUT2D eigenvalue weighted by Gasteiger charge is -2.31. The quantitative estimate of drug-likeness (QED) is 0.0950. The number of hydrogen-bond donors (Lipinski definition) is 0. The fraction of sp³-hybridized carbons (Fsp3) is 0.600. The molecule has 1 nitrogen and oxygen atoms in total. The van der Waals surface area contributed by atoms with E-state index in [0.29, 0.717) is 0 Å². The summed E-state index contributed by atoms with van der Waals surface area (Å²) in [5.41, 5.74) is 14.2. The van der Waals surface area contributed by atoms with Gasteiger partial charge in [-0.05, 0) is 130 Å². The van der Waals surface area contributed by atoms with E-state index in [2.05, 4.69) is 102 Å². The normalized spacial score (nSPS) is 11.4. The van der Waals surface area contributed by atoms with Crippen LogP contribution in [-0.4, -0.2) is 0 Å². The predicted molar refractivity (Wildman–Crippen MR) is 207 cm³/mol. The highest BCUT2D eigenvalue weighted by atomic mass is 15.1. The molecular formula is C45H69N. The minimum absolute atomic E-state index is 1.18. The first-order chi connectivity index (χ1) is 22.4. The summed E-state index contributed by atoms with van der Waals surface area (Å²) in [4.78, 5) is 2.65. The monoisotopic (exact) mass is 624 g/mol. The molecule has 0 bridgehead atoms. The van der Waals surface area contributed by atoms with Gasteiger partial charge in [-0.3, -0.25) is 0 Å². The first-order valence-electron chi connectivity index (χ1n) is 19.5. The number of rotatable bonds is 23. The summed E-state index contributed by atoms with van der Waals surface area (Å²) in [7, 11) is 0. The number of aryl methyl sites for hydroxylation is 7. The van der Waals surface area contributed by atoms with Crippen molar-refractivity contribution >= 4 is 17.1 Å². The van der Waals surface area contributed by atoms with Gasteiger partial charge in [0.15, 0.2) is 0 Å². The van der Waals surface area contributed by atoms with Crippen LogP contribution in [0.3, 0.4) is 0 Å². The van der Waals surface area contributed by atoms with Crippen molar-refractivity contribution in [3.63, 3.8) is 0 Å². The molecule has 0 spiro atoms. The van der Waals surface area contributed by atoms with Crippen molar-refractivity contribution in [2.24, 2.45) is 0 Å². The van der Waals surface area contributed by atoms with Crippen LogP contribution in [0.5, 0.6) is 0 Å². The molecule has 3 aromatic rings. The average Bonchev–Trinajstić information content (AvgIpc) is 3.03. The Bertz CT molecular complexity index is 1130. The fourth-order valence-electron chi connectivity index (χ4n) is 7.28. The molecular weight excluding hydrogens is 555 g/mol. The molecule has 0 saturated carbocycles. The van der Waals surface area contributed by atoms with Gasteiger partial charge in [-0.15, -0.1) is 0 Å². The number of hydrogen-bond acceptors (Lipinski definition) is 1. The van der Waals surface area contributed by atoms with Crippen molar-refractivity contribution in [1.82, 2.24) is 0 Å². The van der Waals surface area contributed by atoms with E-state index in [9.17, 15) is 0 Å². The number of nitrogens with zero attached hydrogens (tertiary/aromatic N) is 1. The molecule has 0 unspecified atom stereocenters. The zero-order valence-electron chi connectivity index (χ0n) is 31.2. The van der Waals surface area contributed by atoms with Gasteiger partial charge >= 0.3 is 0 Å². The molecule has 1 heteroatoms. The SMILES string of the molecule is CCCCCCc1cc(CCCCCC)cc(N(c2cc(CCCCCC)cc(CCCCCC)c2)c2c(C)cc(C)cc2C)c1. The maximum Gasteiger partial charge on any atom is 0.0520 e. The fourth-order valence-corrected chi connectivity index (χ4v) is 7.28. The topological polar surface area (TPSA) is 3.24 Å². The second kappa shape index (κ2) is 21.4. The van der Waals surface area contributed by atoms with Gasteiger partial charge in [0.25, 0.3) is 0 Å². The van der Waals surface area contributed by atoms with Crippen molar-refractivity contribution in [2.75, 3.05) is 4.90 Å². The lowest BCUT2D eigenvalue weighted by molar-refractivity contribution is 0.661. The second-order valence-electron chi connectivity index (χ2n) is 14.3. The highest BCUT2D eigenvalue weighted by molar-refractivity contribution is 5.81. The van der Waals surface area contributed by atoms with Gasteiger partial charge in [0, 0.05) is 11.4 Å². The van der Waals surface area contributed by atoms with Crippen LogP contribution >= 0.6 is 0 Å². The first-order valence-corrected chi connectivity index (χ1v) is 19.5. The molecule has 0 aromatic heterocycles. The smallest absolute Gasteiger partial charge is 0.0520 e. The number of anilines is 3. The Labute approximate surface area is 285 Å². The molecule has 0 N–H and O–H groups in total. The van der Waals surface area contributed by atoms with Crippen LogP contribution in [0.2, 0.25) is 0 Å². The molecule has 0 atom stereocenters. The molecule has 254 valence electrons. The van der Waals surface area contributed by atoms with Crippen LogP contribution in [0, 0.1) is 20.8 Å². The molecule has 0 radical (unpaired) electrons. The van der Waals surface area contributed by atoms with E-state index >= 15 is 0 Å². The third-order valence-corrected chi connectivity index (χ3v) is 9.73. The Morgan fingerprint density at radius 2 is 0.674 bits per heavy atom. The van der Waals surface area contributed by atoms with Gasteiger partial charge in [-0.2, -0.15) is 0 Å². The standard InChI is InChI=1S/C45H69N/c1-8-12-16-20-24-39-30-40(25-21-17-13-9-2)33-43(32-39)46(45-37(6)28-36(5)29-38(45)7)44-34-41(26-22-18-14-10-3)31-42(35-44)27-23-19-15-11-4/h28-35H,8-27H2,1-7H3. The van der Waals surface area contributed by atoms with Gasteiger partial charge in [0.1, 0.15) is 0 Å². The van der Waals surface area contributed by atoms with Crippen molar-refractivity contribution < 1.29 is 0 Å². The highest BCUT2D eigenvalue weighted by Crippen LogP contribution is 2.41. The molecule has 46 heavy (non-hydrogen) atoms. The van der Waals surface area contributed by atoms with E-state index in [0.717, 1.165) is 0 Å². The van der Waals surface area contributed by atoms with E-state index < -0.39 is 0 Å². The summed E-state index contributed by atoms with van der Waals surface area (Å²) < 4.78 is 0. The molecule has 3 aromatic carbocycles. The molecule has 0 fully saturated rings. The molecule has 0 amide bonds. The Kier molecular flexibility index (Phi) is 17.6. The molecule has 0 heterocycles. The summed E-state index contributed by atoms with van der Waals surface area (Å²) in [5, 5.41) is 0. The van der Waals surface area contributed by atoms with Crippen molar-refractivity contribution in [3.05, 3.63) is 87.5 Å². The largest absolute Gasteiger partial charge is 0.310 e. The number of benzene rings is 3. The van der Waals surface area contributed by atoms with Crippen LogP contribution in [0.25, 0.3) is 0 Å². The third-order valence-electron chi connectivity index (χ3n) is 9.73. The molecule has 0 aliphatic heterocycles. The van der Waals surface area contributed by atoms with E-state index in [1.807, 2.05) is 0 Å². The Morgan fingerprint density at radius 3 is 0.957 bits per heavy atom. The van der Waals surface area contributed by atoms with Crippen molar-refractivity contribution in [1.29, 1.82) is 0 Å². The second-order valence-corrected chi connectivity index (χ2v) is 14.3. The van der Waals surface area contributed by atoms with Gasteiger partial charge in [0.05, 0.1) is 5.69 Å². The van der Waals surface area contributed by atoms with Gasteiger partial charge < -0.3 is 4.90 Å². The van der Waals surface area contributed by atoms with Gasteiger partial charge in [0.2, 0.25) is 0 Å². The molecule has 3 rings (SSSR count). The average molecular weight is 624 g/mol. The molecule has 0 saturated heterocycles. The van der Waals surface area contributed by atoms with E-state index in [4.69, 9.17) is 0 Å². The van der Waals surface area contributed by atoms with Gasteiger partial charge in [-0.1, -0.05) is 135 Å². The highest BCUT2D eigenvalue weighted by Gasteiger charge is 2.20. The van der Waals surface area contributed by atoms with Crippen LogP contribution in [0.15, 0.2) is 48.5 Å². The third kappa shape index (κ3) is 12.6.